The van der Waals surface area contributed by atoms with Crippen molar-refractivity contribution in [2.75, 3.05) is 18.4 Å². The van der Waals surface area contributed by atoms with Gasteiger partial charge in [0.15, 0.2) is 0 Å². The van der Waals surface area contributed by atoms with Gasteiger partial charge in [0.1, 0.15) is 11.6 Å². The number of nitrogens with zero attached hydrogens (tertiary/aromatic N) is 2. The van der Waals surface area contributed by atoms with E-state index in [9.17, 15) is 9.18 Å². The van der Waals surface area contributed by atoms with Crippen LogP contribution < -0.4 is 10.6 Å². The van der Waals surface area contributed by atoms with Crippen LogP contribution in [0.5, 0.6) is 0 Å². The van der Waals surface area contributed by atoms with Gasteiger partial charge in [0.2, 0.25) is 0 Å². The van der Waals surface area contributed by atoms with Gasteiger partial charge in [-0.15, -0.1) is 0 Å². The fraction of sp³-hybridized carbons (Fsp3) is 0.368. The maximum atomic E-state index is 13.4. The van der Waals surface area contributed by atoms with Gasteiger partial charge in [-0.1, -0.05) is 6.07 Å². The number of nitrogens with one attached hydrogen (secondary N) is 2. The molecule has 1 amide bonds. The average Bonchev–Trinajstić information content (AvgIpc) is 3.35. The van der Waals surface area contributed by atoms with Gasteiger partial charge in [-0.2, -0.15) is 0 Å². The second-order valence-corrected chi connectivity index (χ2v) is 6.72. The Kier molecular flexibility index (Phi) is 4.36. The van der Waals surface area contributed by atoms with Crippen molar-refractivity contribution in [1.29, 1.82) is 0 Å². The van der Waals surface area contributed by atoms with Gasteiger partial charge in [-0.25, -0.2) is 9.37 Å². The van der Waals surface area contributed by atoms with Crippen LogP contribution in [0.15, 0.2) is 42.6 Å². The van der Waals surface area contributed by atoms with Crippen LogP contribution >= 0.6 is 0 Å². The van der Waals surface area contributed by atoms with E-state index in [4.69, 9.17) is 0 Å². The molecule has 2 aromatic rings. The van der Waals surface area contributed by atoms with Gasteiger partial charge < -0.3 is 10.6 Å². The lowest BCUT2D eigenvalue weighted by molar-refractivity contribution is 0.0938. The summed E-state index contributed by atoms with van der Waals surface area (Å²) in [6.07, 6.45) is 5.16. The molecule has 0 bridgehead atoms. The molecule has 0 spiro atoms. The van der Waals surface area contributed by atoms with E-state index in [2.05, 4.69) is 20.5 Å². The molecule has 1 aromatic carbocycles. The summed E-state index contributed by atoms with van der Waals surface area (Å²) in [4.78, 5) is 19.4. The van der Waals surface area contributed by atoms with Crippen molar-refractivity contribution in [1.82, 2.24) is 15.2 Å². The van der Waals surface area contributed by atoms with Crippen molar-refractivity contribution in [2.45, 2.75) is 31.3 Å². The molecule has 2 fully saturated rings. The molecule has 1 atom stereocenters. The first-order valence-electron chi connectivity index (χ1n) is 8.71. The normalized spacial score (nSPS) is 20.4. The number of halogens is 1. The number of pyridine rings is 1. The van der Waals surface area contributed by atoms with Gasteiger partial charge in [0.25, 0.3) is 5.91 Å². The summed E-state index contributed by atoms with van der Waals surface area (Å²) in [5, 5.41) is 6.14. The summed E-state index contributed by atoms with van der Waals surface area (Å²) in [6.45, 7) is 1.97. The average molecular weight is 340 g/mol. The number of likely N-dealkylation sites (tertiary alicyclic amines) is 1. The number of benzene rings is 1. The van der Waals surface area contributed by atoms with E-state index < -0.39 is 0 Å². The minimum absolute atomic E-state index is 0.144. The van der Waals surface area contributed by atoms with Crippen molar-refractivity contribution in [2.24, 2.45) is 0 Å². The van der Waals surface area contributed by atoms with Crippen molar-refractivity contribution < 1.29 is 9.18 Å². The fourth-order valence-electron chi connectivity index (χ4n) is 3.33. The molecule has 0 radical (unpaired) electrons. The predicted molar refractivity (Wildman–Crippen MR) is 94.4 cm³/mol. The summed E-state index contributed by atoms with van der Waals surface area (Å²) >= 11 is 0. The number of anilines is 2. The minimum Gasteiger partial charge on any atom is -0.348 e. The zero-order valence-corrected chi connectivity index (χ0v) is 13.9. The molecule has 4 rings (SSSR count). The Labute approximate surface area is 146 Å². The van der Waals surface area contributed by atoms with E-state index >= 15 is 0 Å². The second-order valence-electron chi connectivity index (χ2n) is 6.72. The second kappa shape index (κ2) is 6.80. The highest BCUT2D eigenvalue weighted by atomic mass is 19.1. The quantitative estimate of drug-likeness (QED) is 0.879. The summed E-state index contributed by atoms with van der Waals surface area (Å²) < 4.78 is 13.4. The van der Waals surface area contributed by atoms with Gasteiger partial charge in [0.05, 0.1) is 5.56 Å². The summed E-state index contributed by atoms with van der Waals surface area (Å²) in [5.41, 5.74) is 1.03. The summed E-state index contributed by atoms with van der Waals surface area (Å²) in [5.74, 6) is -0.0460. The fourth-order valence-corrected chi connectivity index (χ4v) is 3.33. The van der Waals surface area contributed by atoms with Crippen LogP contribution in [0.2, 0.25) is 0 Å². The molecule has 130 valence electrons. The van der Waals surface area contributed by atoms with Crippen LogP contribution in [0.25, 0.3) is 0 Å². The first-order chi connectivity index (χ1) is 12.2. The lowest BCUT2D eigenvalue weighted by atomic mass is 10.2. The Morgan fingerprint density at radius 2 is 2.08 bits per heavy atom. The molecular formula is C19H21FN4O. The molecule has 1 aliphatic heterocycles. The van der Waals surface area contributed by atoms with E-state index in [1.54, 1.807) is 30.5 Å². The van der Waals surface area contributed by atoms with E-state index in [-0.39, 0.29) is 17.8 Å². The molecule has 2 N–H and O–H groups in total. The third-order valence-electron chi connectivity index (χ3n) is 4.76. The van der Waals surface area contributed by atoms with Crippen LogP contribution in [0.4, 0.5) is 15.9 Å². The number of aromatic nitrogens is 1. The van der Waals surface area contributed by atoms with Gasteiger partial charge >= 0.3 is 0 Å². The number of rotatable bonds is 5. The summed E-state index contributed by atoms with van der Waals surface area (Å²) in [7, 11) is 0. The first kappa shape index (κ1) is 16.0. The number of carbonyl (C=O) groups excluding carboxylic acids is 1. The monoisotopic (exact) mass is 340 g/mol. The molecule has 25 heavy (non-hydrogen) atoms. The molecule has 5 nitrogen and oxygen atoms in total. The maximum Gasteiger partial charge on any atom is 0.255 e. The van der Waals surface area contributed by atoms with Crippen LogP contribution in [0.3, 0.4) is 0 Å². The van der Waals surface area contributed by atoms with E-state index in [1.807, 2.05) is 0 Å². The summed E-state index contributed by atoms with van der Waals surface area (Å²) in [6, 6.07) is 10.5. The SMILES string of the molecule is O=C(N[C@H]1CCN(C2CC2)C1)c1cccnc1Nc1cccc(F)c1. The van der Waals surface area contributed by atoms with E-state index in [0.717, 1.165) is 25.6 Å². The lowest BCUT2D eigenvalue weighted by Gasteiger charge is -2.17. The van der Waals surface area contributed by atoms with Crippen LogP contribution in [0, 0.1) is 5.82 Å². The largest absolute Gasteiger partial charge is 0.348 e. The topological polar surface area (TPSA) is 57.3 Å². The smallest absolute Gasteiger partial charge is 0.255 e. The van der Waals surface area contributed by atoms with E-state index in [1.165, 1.54) is 25.0 Å². The lowest BCUT2D eigenvalue weighted by Crippen LogP contribution is -2.37. The minimum atomic E-state index is -0.335. The molecular weight excluding hydrogens is 319 g/mol. The van der Waals surface area contributed by atoms with Crippen LogP contribution in [0.1, 0.15) is 29.6 Å². The zero-order chi connectivity index (χ0) is 17.2. The molecule has 1 saturated carbocycles. The molecule has 1 aromatic heterocycles. The van der Waals surface area contributed by atoms with Crippen LogP contribution in [-0.2, 0) is 0 Å². The molecule has 2 heterocycles. The zero-order valence-electron chi connectivity index (χ0n) is 13.9. The molecule has 2 aliphatic rings. The molecule has 1 saturated heterocycles. The standard InChI is InChI=1S/C19H21FN4O/c20-13-3-1-4-14(11-13)22-18-17(5-2-9-21-18)19(25)23-15-8-10-24(12-15)16-6-7-16/h1-5,9,11,15-16H,6-8,10,12H2,(H,21,22)(H,23,25)/t15-/m0/s1. The Balaban J connectivity index is 1.45. The third-order valence-corrected chi connectivity index (χ3v) is 4.76. The van der Waals surface area contributed by atoms with Crippen molar-refractivity contribution in [3.63, 3.8) is 0 Å². The third kappa shape index (κ3) is 3.79. The first-order valence-corrected chi connectivity index (χ1v) is 8.71. The van der Waals surface area contributed by atoms with Crippen LogP contribution in [-0.4, -0.2) is 41.0 Å². The van der Waals surface area contributed by atoms with Gasteiger partial charge in [0, 0.05) is 37.1 Å². The number of amides is 1. The molecule has 0 unspecified atom stereocenters. The highest BCUT2D eigenvalue weighted by Gasteiger charge is 2.35. The Bertz CT molecular complexity index is 778. The Morgan fingerprint density at radius 1 is 1.20 bits per heavy atom. The number of hydrogen-bond acceptors (Lipinski definition) is 4. The van der Waals surface area contributed by atoms with Gasteiger partial charge in [-0.05, 0) is 49.6 Å². The highest BCUT2D eigenvalue weighted by molar-refractivity contribution is 5.99. The van der Waals surface area contributed by atoms with Crippen molar-refractivity contribution in [3.8, 4) is 0 Å². The number of hydrogen-bond donors (Lipinski definition) is 2. The Morgan fingerprint density at radius 3 is 2.88 bits per heavy atom. The molecule has 1 aliphatic carbocycles. The van der Waals surface area contributed by atoms with Crippen molar-refractivity contribution in [3.05, 3.63) is 54.0 Å². The van der Waals surface area contributed by atoms with Crippen molar-refractivity contribution >= 4 is 17.4 Å². The van der Waals surface area contributed by atoms with Gasteiger partial charge in [-0.3, -0.25) is 9.69 Å². The van der Waals surface area contributed by atoms with E-state index in [0.29, 0.717) is 17.1 Å². The maximum absolute atomic E-state index is 13.4. The number of carbonyl (C=O) groups is 1. The Hall–Kier alpha value is -2.47. The highest BCUT2D eigenvalue weighted by Crippen LogP contribution is 2.30. The molecule has 6 heteroatoms. The predicted octanol–water partition coefficient (Wildman–Crippen LogP) is 2.93.